The summed E-state index contributed by atoms with van der Waals surface area (Å²) in [5.41, 5.74) is 0.565. The number of rotatable bonds is 5. The molecule has 4 heteroatoms. The normalized spacial score (nSPS) is 13.3. The molecule has 1 aromatic carbocycles. The fourth-order valence-electron chi connectivity index (χ4n) is 1.64. The standard InChI is InChI=1S/C14H19BrO3/c1-14(2,3)18-8-7-12(13(16)17)10-5-4-6-11(15)9-10/h4-6,9,12H,7-8H2,1-3H3,(H,16,17). The number of hydrogen-bond acceptors (Lipinski definition) is 2. The Morgan fingerprint density at radius 3 is 2.61 bits per heavy atom. The van der Waals surface area contributed by atoms with Crippen molar-refractivity contribution in [1.82, 2.24) is 0 Å². The van der Waals surface area contributed by atoms with Gasteiger partial charge in [-0.25, -0.2) is 0 Å². The van der Waals surface area contributed by atoms with Crippen molar-refractivity contribution in [2.24, 2.45) is 0 Å². The molecule has 0 saturated heterocycles. The van der Waals surface area contributed by atoms with Gasteiger partial charge in [0.1, 0.15) is 0 Å². The van der Waals surface area contributed by atoms with Crippen LogP contribution in [0.25, 0.3) is 0 Å². The van der Waals surface area contributed by atoms with E-state index in [2.05, 4.69) is 15.9 Å². The third-order valence-corrected chi connectivity index (χ3v) is 2.98. The van der Waals surface area contributed by atoms with Gasteiger partial charge in [0.2, 0.25) is 0 Å². The number of halogens is 1. The van der Waals surface area contributed by atoms with Crippen molar-refractivity contribution >= 4 is 21.9 Å². The zero-order chi connectivity index (χ0) is 13.8. The minimum Gasteiger partial charge on any atom is -0.481 e. The lowest BCUT2D eigenvalue weighted by Gasteiger charge is -2.21. The first-order valence-corrected chi connectivity index (χ1v) is 6.71. The Balaban J connectivity index is 2.69. The monoisotopic (exact) mass is 314 g/mol. The summed E-state index contributed by atoms with van der Waals surface area (Å²) in [5, 5.41) is 9.28. The second kappa shape index (κ2) is 6.34. The van der Waals surface area contributed by atoms with Crippen LogP contribution in [0.5, 0.6) is 0 Å². The number of aliphatic carboxylic acids is 1. The van der Waals surface area contributed by atoms with E-state index in [9.17, 15) is 9.90 Å². The van der Waals surface area contributed by atoms with Crippen molar-refractivity contribution < 1.29 is 14.6 Å². The van der Waals surface area contributed by atoms with E-state index in [0.717, 1.165) is 10.0 Å². The van der Waals surface area contributed by atoms with Crippen LogP contribution >= 0.6 is 15.9 Å². The molecule has 0 amide bonds. The Kier molecular flexibility index (Phi) is 5.35. The van der Waals surface area contributed by atoms with Crippen LogP contribution in [0.2, 0.25) is 0 Å². The molecule has 0 aliphatic rings. The van der Waals surface area contributed by atoms with Crippen LogP contribution in [0.15, 0.2) is 28.7 Å². The van der Waals surface area contributed by atoms with Gasteiger partial charge in [-0.3, -0.25) is 4.79 Å². The first kappa shape index (κ1) is 15.2. The van der Waals surface area contributed by atoms with Crippen molar-refractivity contribution in [2.45, 2.75) is 38.7 Å². The molecule has 1 unspecified atom stereocenters. The molecule has 1 N–H and O–H groups in total. The zero-order valence-corrected chi connectivity index (χ0v) is 12.5. The predicted molar refractivity (Wildman–Crippen MR) is 74.8 cm³/mol. The van der Waals surface area contributed by atoms with Crippen LogP contribution in [-0.4, -0.2) is 23.3 Å². The third-order valence-electron chi connectivity index (χ3n) is 2.49. The maximum Gasteiger partial charge on any atom is 0.311 e. The molecule has 1 atom stereocenters. The second-order valence-corrected chi connectivity index (χ2v) is 6.11. The van der Waals surface area contributed by atoms with Gasteiger partial charge in [0.05, 0.1) is 11.5 Å². The summed E-state index contributed by atoms with van der Waals surface area (Å²) in [6.45, 7) is 6.32. The highest BCUT2D eigenvalue weighted by Crippen LogP contribution is 2.24. The Morgan fingerprint density at radius 1 is 1.44 bits per heavy atom. The number of hydrogen-bond donors (Lipinski definition) is 1. The van der Waals surface area contributed by atoms with Gasteiger partial charge in [0.25, 0.3) is 0 Å². The molecule has 0 bridgehead atoms. The van der Waals surface area contributed by atoms with Crippen molar-refractivity contribution in [3.05, 3.63) is 34.3 Å². The molecule has 0 radical (unpaired) electrons. The second-order valence-electron chi connectivity index (χ2n) is 5.20. The smallest absolute Gasteiger partial charge is 0.311 e. The molecule has 0 saturated carbocycles. The lowest BCUT2D eigenvalue weighted by molar-refractivity contribution is -0.139. The molecular weight excluding hydrogens is 296 g/mol. The van der Waals surface area contributed by atoms with Gasteiger partial charge >= 0.3 is 5.97 Å². The summed E-state index contributed by atoms with van der Waals surface area (Å²) >= 11 is 3.36. The number of carboxylic acids is 1. The van der Waals surface area contributed by atoms with Gasteiger partial charge in [-0.05, 0) is 44.9 Å². The van der Waals surface area contributed by atoms with E-state index in [1.807, 2.05) is 45.0 Å². The van der Waals surface area contributed by atoms with Crippen molar-refractivity contribution in [3.63, 3.8) is 0 Å². The minimum absolute atomic E-state index is 0.236. The number of ether oxygens (including phenoxy) is 1. The van der Waals surface area contributed by atoms with Gasteiger partial charge < -0.3 is 9.84 Å². The molecular formula is C14H19BrO3. The largest absolute Gasteiger partial charge is 0.481 e. The predicted octanol–water partition coefficient (Wildman–Crippen LogP) is 3.82. The summed E-state index contributed by atoms with van der Waals surface area (Å²) in [4.78, 5) is 11.3. The molecule has 1 rings (SSSR count). The highest BCUT2D eigenvalue weighted by Gasteiger charge is 2.21. The maximum atomic E-state index is 11.3. The van der Waals surface area contributed by atoms with Crippen LogP contribution in [0, 0.1) is 0 Å². The van der Waals surface area contributed by atoms with Gasteiger partial charge in [0, 0.05) is 11.1 Å². The van der Waals surface area contributed by atoms with Crippen LogP contribution in [0.3, 0.4) is 0 Å². The molecule has 0 spiro atoms. The van der Waals surface area contributed by atoms with Gasteiger partial charge in [-0.2, -0.15) is 0 Å². The van der Waals surface area contributed by atoms with Gasteiger partial charge in [-0.1, -0.05) is 28.1 Å². The highest BCUT2D eigenvalue weighted by molar-refractivity contribution is 9.10. The maximum absolute atomic E-state index is 11.3. The van der Waals surface area contributed by atoms with Crippen LogP contribution < -0.4 is 0 Å². The topological polar surface area (TPSA) is 46.5 Å². The first-order chi connectivity index (χ1) is 8.29. The summed E-state index contributed by atoms with van der Waals surface area (Å²) < 4.78 is 6.48. The summed E-state index contributed by atoms with van der Waals surface area (Å²) in [6, 6.07) is 7.41. The average molecular weight is 315 g/mol. The Labute approximate surface area is 116 Å². The molecule has 0 aliphatic carbocycles. The molecule has 18 heavy (non-hydrogen) atoms. The first-order valence-electron chi connectivity index (χ1n) is 5.92. The van der Waals surface area contributed by atoms with Crippen LogP contribution in [0.4, 0.5) is 0 Å². The Hall–Kier alpha value is -0.870. The van der Waals surface area contributed by atoms with Crippen molar-refractivity contribution in [3.8, 4) is 0 Å². The van der Waals surface area contributed by atoms with Crippen LogP contribution in [0.1, 0.15) is 38.7 Å². The summed E-state index contributed by atoms with van der Waals surface area (Å²) in [5.74, 6) is -1.34. The number of benzene rings is 1. The molecule has 0 heterocycles. The van der Waals surface area contributed by atoms with E-state index in [0.29, 0.717) is 13.0 Å². The van der Waals surface area contributed by atoms with Crippen LogP contribution in [-0.2, 0) is 9.53 Å². The SMILES string of the molecule is CC(C)(C)OCCC(C(=O)O)c1cccc(Br)c1. The van der Waals surface area contributed by atoms with Gasteiger partial charge in [0.15, 0.2) is 0 Å². The lowest BCUT2D eigenvalue weighted by Crippen LogP contribution is -2.22. The number of carboxylic acid groups (broad SMARTS) is 1. The zero-order valence-electron chi connectivity index (χ0n) is 10.9. The Morgan fingerprint density at radius 2 is 2.11 bits per heavy atom. The highest BCUT2D eigenvalue weighted by atomic mass is 79.9. The van der Waals surface area contributed by atoms with E-state index >= 15 is 0 Å². The fourth-order valence-corrected chi connectivity index (χ4v) is 2.06. The van der Waals surface area contributed by atoms with E-state index in [4.69, 9.17) is 4.74 Å². The lowest BCUT2D eigenvalue weighted by atomic mass is 9.96. The quantitative estimate of drug-likeness (QED) is 0.898. The average Bonchev–Trinajstić information content (AvgIpc) is 2.22. The summed E-state index contributed by atoms with van der Waals surface area (Å²) in [7, 11) is 0. The molecule has 0 aliphatic heterocycles. The molecule has 1 aromatic rings. The molecule has 3 nitrogen and oxygen atoms in total. The molecule has 0 aromatic heterocycles. The minimum atomic E-state index is -0.814. The van der Waals surface area contributed by atoms with E-state index in [-0.39, 0.29) is 5.60 Å². The van der Waals surface area contributed by atoms with Crippen molar-refractivity contribution in [1.29, 1.82) is 0 Å². The van der Waals surface area contributed by atoms with E-state index in [1.165, 1.54) is 0 Å². The molecule has 100 valence electrons. The fraction of sp³-hybridized carbons (Fsp3) is 0.500. The van der Waals surface area contributed by atoms with Crippen molar-refractivity contribution in [2.75, 3.05) is 6.61 Å². The third kappa shape index (κ3) is 5.19. The number of carbonyl (C=O) groups is 1. The molecule has 0 fully saturated rings. The van der Waals surface area contributed by atoms with Gasteiger partial charge in [-0.15, -0.1) is 0 Å². The van der Waals surface area contributed by atoms with E-state index < -0.39 is 11.9 Å². The summed E-state index contributed by atoms with van der Waals surface area (Å²) in [6.07, 6.45) is 0.475. The Bertz CT molecular complexity index is 410. The van der Waals surface area contributed by atoms with E-state index in [1.54, 1.807) is 0 Å².